The first-order valence-corrected chi connectivity index (χ1v) is 7.64. The van der Waals surface area contributed by atoms with Crippen LogP contribution in [-0.4, -0.2) is 17.0 Å². The Morgan fingerprint density at radius 1 is 1.10 bits per heavy atom. The Labute approximate surface area is 142 Å². The molecule has 2 N–H and O–H groups in total. The fourth-order valence-electron chi connectivity index (χ4n) is 1.73. The van der Waals surface area contributed by atoms with Crippen molar-refractivity contribution >= 4 is 61.0 Å². The van der Waals surface area contributed by atoms with Crippen molar-refractivity contribution in [1.82, 2.24) is 0 Å². The Balaban J connectivity index is 2.36. The van der Waals surface area contributed by atoms with Gasteiger partial charge >= 0.3 is 5.97 Å². The van der Waals surface area contributed by atoms with Crippen molar-refractivity contribution < 1.29 is 14.7 Å². The van der Waals surface area contributed by atoms with Gasteiger partial charge in [-0.2, -0.15) is 0 Å². The summed E-state index contributed by atoms with van der Waals surface area (Å²) in [5.74, 6) is -1.63. The van der Waals surface area contributed by atoms with E-state index in [1.165, 1.54) is 12.1 Å². The van der Waals surface area contributed by atoms with Crippen molar-refractivity contribution in [2.45, 2.75) is 0 Å². The summed E-state index contributed by atoms with van der Waals surface area (Å²) in [5, 5.41) is 11.8. The predicted octanol–water partition coefficient (Wildman–Crippen LogP) is 4.82. The maximum atomic E-state index is 12.2. The number of rotatable bonds is 3. The minimum Gasteiger partial charge on any atom is -0.478 e. The highest BCUT2D eigenvalue weighted by molar-refractivity contribution is 9.11. The third kappa shape index (κ3) is 3.84. The van der Waals surface area contributed by atoms with E-state index in [0.29, 0.717) is 5.56 Å². The van der Waals surface area contributed by atoms with E-state index < -0.39 is 11.9 Å². The number of anilines is 1. The Bertz CT molecular complexity index is 714. The van der Waals surface area contributed by atoms with Gasteiger partial charge in [-0.3, -0.25) is 4.79 Å². The van der Waals surface area contributed by atoms with Crippen LogP contribution in [0.1, 0.15) is 20.7 Å². The van der Waals surface area contributed by atoms with Crippen LogP contribution in [0, 0.1) is 0 Å². The summed E-state index contributed by atoms with van der Waals surface area (Å²) in [7, 11) is 0. The van der Waals surface area contributed by atoms with Gasteiger partial charge in [0.15, 0.2) is 0 Å². The van der Waals surface area contributed by atoms with Crippen molar-refractivity contribution in [3.05, 3.63) is 61.5 Å². The summed E-state index contributed by atoms with van der Waals surface area (Å²) in [4.78, 5) is 23.4. The van der Waals surface area contributed by atoms with E-state index in [1.54, 1.807) is 24.3 Å². The molecule has 2 aromatic rings. The van der Waals surface area contributed by atoms with Crippen molar-refractivity contribution in [3.8, 4) is 0 Å². The van der Waals surface area contributed by atoms with Crippen molar-refractivity contribution in [2.24, 2.45) is 0 Å². The summed E-state index contributed by atoms with van der Waals surface area (Å²) >= 11 is 12.4. The first-order chi connectivity index (χ1) is 9.88. The van der Waals surface area contributed by atoms with E-state index in [4.69, 9.17) is 16.7 Å². The number of halogens is 3. The predicted molar refractivity (Wildman–Crippen MR) is 88.2 cm³/mol. The largest absolute Gasteiger partial charge is 0.478 e. The van der Waals surface area contributed by atoms with Gasteiger partial charge in [-0.1, -0.05) is 49.5 Å². The fraction of sp³-hybridized carbons (Fsp3) is 0. The Morgan fingerprint density at radius 2 is 1.71 bits per heavy atom. The van der Waals surface area contributed by atoms with Crippen molar-refractivity contribution in [3.63, 3.8) is 0 Å². The second-order valence-corrected chi connectivity index (χ2v) is 6.32. The number of aromatic carboxylic acids is 1. The molecule has 0 atom stereocenters. The normalized spacial score (nSPS) is 10.2. The van der Waals surface area contributed by atoms with Crippen molar-refractivity contribution in [1.29, 1.82) is 0 Å². The number of amides is 1. The maximum Gasteiger partial charge on any atom is 0.339 e. The van der Waals surface area contributed by atoms with Crippen LogP contribution >= 0.6 is 43.5 Å². The van der Waals surface area contributed by atoms with Crippen LogP contribution in [0.4, 0.5) is 5.69 Å². The standard InChI is InChI=1S/C14H8Br2ClNO3/c15-8-4-7(5-9(16)6-8)13(19)18-11-3-1-2-10(17)12(11)14(20)21/h1-6H,(H,18,19)(H,20,21). The van der Waals surface area contributed by atoms with E-state index in [9.17, 15) is 9.59 Å². The molecule has 108 valence electrons. The zero-order valence-electron chi connectivity index (χ0n) is 10.4. The van der Waals surface area contributed by atoms with E-state index >= 15 is 0 Å². The molecule has 2 aromatic carbocycles. The van der Waals surface area contributed by atoms with Gasteiger partial charge in [0.25, 0.3) is 5.91 Å². The number of hydrogen-bond donors (Lipinski definition) is 2. The molecule has 0 fully saturated rings. The van der Waals surface area contributed by atoms with Crippen LogP contribution in [0.2, 0.25) is 5.02 Å². The average Bonchev–Trinajstić information content (AvgIpc) is 2.37. The van der Waals surface area contributed by atoms with Crippen LogP contribution in [0.5, 0.6) is 0 Å². The van der Waals surface area contributed by atoms with Gasteiger partial charge in [0.2, 0.25) is 0 Å². The first-order valence-electron chi connectivity index (χ1n) is 5.67. The molecule has 21 heavy (non-hydrogen) atoms. The molecule has 0 aliphatic rings. The third-order valence-electron chi connectivity index (χ3n) is 2.60. The lowest BCUT2D eigenvalue weighted by atomic mass is 10.1. The van der Waals surface area contributed by atoms with Gasteiger partial charge in [-0.15, -0.1) is 0 Å². The fourth-order valence-corrected chi connectivity index (χ4v) is 3.27. The van der Waals surface area contributed by atoms with Gasteiger partial charge in [0.1, 0.15) is 5.56 Å². The molecule has 0 saturated carbocycles. The van der Waals surface area contributed by atoms with E-state index in [1.807, 2.05) is 0 Å². The monoisotopic (exact) mass is 431 g/mol. The van der Waals surface area contributed by atoms with Gasteiger partial charge < -0.3 is 10.4 Å². The van der Waals surface area contributed by atoms with Crippen molar-refractivity contribution in [2.75, 3.05) is 5.32 Å². The number of nitrogens with one attached hydrogen (secondary N) is 1. The summed E-state index contributed by atoms with van der Waals surface area (Å²) in [6.45, 7) is 0. The Morgan fingerprint density at radius 3 is 2.29 bits per heavy atom. The van der Waals surface area contributed by atoms with Gasteiger partial charge in [-0.25, -0.2) is 4.79 Å². The molecule has 2 rings (SSSR count). The second-order valence-electron chi connectivity index (χ2n) is 4.08. The quantitative estimate of drug-likeness (QED) is 0.730. The SMILES string of the molecule is O=C(Nc1cccc(Cl)c1C(=O)O)c1cc(Br)cc(Br)c1. The summed E-state index contributed by atoms with van der Waals surface area (Å²) < 4.78 is 1.46. The molecule has 0 aliphatic heterocycles. The number of carbonyl (C=O) groups is 2. The molecule has 7 heteroatoms. The molecule has 0 heterocycles. The molecular weight excluding hydrogens is 425 g/mol. The number of carbonyl (C=O) groups excluding carboxylic acids is 1. The number of carboxylic acid groups (broad SMARTS) is 1. The molecule has 0 radical (unpaired) electrons. The second kappa shape index (κ2) is 6.60. The zero-order valence-corrected chi connectivity index (χ0v) is 14.3. The summed E-state index contributed by atoms with van der Waals surface area (Å²) in [6.07, 6.45) is 0. The molecule has 0 aromatic heterocycles. The minimum absolute atomic E-state index is 0.0655. The van der Waals surface area contributed by atoms with Crippen LogP contribution in [0.3, 0.4) is 0 Å². The summed E-state index contributed by atoms with van der Waals surface area (Å²) in [6, 6.07) is 9.56. The molecule has 1 amide bonds. The molecule has 0 aliphatic carbocycles. The highest BCUT2D eigenvalue weighted by Gasteiger charge is 2.17. The maximum absolute atomic E-state index is 12.2. The number of hydrogen-bond acceptors (Lipinski definition) is 2. The average molecular weight is 433 g/mol. The highest BCUT2D eigenvalue weighted by Crippen LogP contribution is 2.26. The zero-order chi connectivity index (χ0) is 15.6. The topological polar surface area (TPSA) is 66.4 Å². The molecule has 4 nitrogen and oxygen atoms in total. The van der Waals surface area contributed by atoms with Gasteiger partial charge in [0.05, 0.1) is 10.7 Å². The number of benzene rings is 2. The lowest BCUT2D eigenvalue weighted by molar-refractivity contribution is 0.0698. The van der Waals surface area contributed by atoms with Crippen LogP contribution in [0.25, 0.3) is 0 Å². The van der Waals surface area contributed by atoms with Crippen LogP contribution in [-0.2, 0) is 0 Å². The molecular formula is C14H8Br2ClNO3. The molecule has 0 bridgehead atoms. The summed E-state index contributed by atoms with van der Waals surface area (Å²) in [5.41, 5.74) is 0.394. The van der Waals surface area contributed by atoms with Gasteiger partial charge in [0, 0.05) is 14.5 Å². The Kier molecular flexibility index (Phi) is 5.03. The van der Waals surface area contributed by atoms with Crippen LogP contribution in [0.15, 0.2) is 45.3 Å². The van der Waals surface area contributed by atoms with Gasteiger partial charge in [-0.05, 0) is 30.3 Å². The minimum atomic E-state index is -1.20. The van der Waals surface area contributed by atoms with E-state index in [-0.39, 0.29) is 16.3 Å². The lowest BCUT2D eigenvalue weighted by Gasteiger charge is -2.10. The highest BCUT2D eigenvalue weighted by atomic mass is 79.9. The van der Waals surface area contributed by atoms with E-state index in [0.717, 1.165) is 8.95 Å². The molecule has 0 saturated heterocycles. The molecule has 0 spiro atoms. The smallest absolute Gasteiger partial charge is 0.339 e. The number of carboxylic acids is 1. The molecule has 0 unspecified atom stereocenters. The van der Waals surface area contributed by atoms with Crippen LogP contribution < -0.4 is 5.32 Å². The lowest BCUT2D eigenvalue weighted by Crippen LogP contribution is -2.15. The Hall–Kier alpha value is -1.37. The third-order valence-corrected chi connectivity index (χ3v) is 3.83. The van der Waals surface area contributed by atoms with E-state index in [2.05, 4.69) is 37.2 Å². The first kappa shape index (κ1) is 16.0.